The number of hydrogen-bond acceptors (Lipinski definition) is 4. The highest BCUT2D eigenvalue weighted by Crippen LogP contribution is 2.16. The monoisotopic (exact) mass is 336 g/mol. The molecule has 25 heavy (non-hydrogen) atoms. The number of nitrogens with zero attached hydrogens (tertiary/aromatic N) is 3. The second-order valence-electron chi connectivity index (χ2n) is 6.40. The first kappa shape index (κ1) is 16.8. The van der Waals surface area contributed by atoms with E-state index in [2.05, 4.69) is 15.4 Å². The molecule has 0 fully saturated rings. The van der Waals surface area contributed by atoms with Gasteiger partial charge in [-0.3, -0.25) is 9.59 Å². The van der Waals surface area contributed by atoms with Gasteiger partial charge in [-0.15, -0.1) is 0 Å². The first-order valence-electron chi connectivity index (χ1n) is 8.20. The van der Waals surface area contributed by atoms with Crippen LogP contribution in [0, 0.1) is 12.8 Å². The molecule has 2 aromatic heterocycles. The molecule has 0 aliphatic heterocycles. The van der Waals surface area contributed by atoms with Crippen LogP contribution in [0.4, 0.5) is 5.82 Å². The molecule has 3 aromatic rings. The minimum atomic E-state index is -0.379. The molecular formula is C19H20N4O2. The van der Waals surface area contributed by atoms with E-state index in [-0.39, 0.29) is 23.1 Å². The Morgan fingerprint density at radius 1 is 1.16 bits per heavy atom. The van der Waals surface area contributed by atoms with Crippen molar-refractivity contribution in [1.29, 1.82) is 0 Å². The van der Waals surface area contributed by atoms with Gasteiger partial charge in [-0.05, 0) is 30.5 Å². The zero-order chi connectivity index (χ0) is 18.0. The summed E-state index contributed by atoms with van der Waals surface area (Å²) >= 11 is 0. The minimum absolute atomic E-state index is 0.185. The van der Waals surface area contributed by atoms with Gasteiger partial charge >= 0.3 is 0 Å². The molecule has 1 amide bonds. The van der Waals surface area contributed by atoms with Crippen molar-refractivity contribution in [1.82, 2.24) is 14.8 Å². The summed E-state index contributed by atoms with van der Waals surface area (Å²) in [5, 5.41) is 8.15. The number of hydrogen-bond donors (Lipinski definition) is 1. The highest BCUT2D eigenvalue weighted by atomic mass is 16.2. The van der Waals surface area contributed by atoms with Crippen LogP contribution in [0.15, 0.2) is 47.4 Å². The van der Waals surface area contributed by atoms with Gasteiger partial charge in [-0.2, -0.15) is 5.10 Å². The average Bonchev–Trinajstić information content (AvgIpc) is 2.59. The third kappa shape index (κ3) is 3.42. The van der Waals surface area contributed by atoms with E-state index in [4.69, 9.17) is 0 Å². The molecule has 0 spiro atoms. The van der Waals surface area contributed by atoms with Crippen LogP contribution in [0.25, 0.3) is 10.8 Å². The van der Waals surface area contributed by atoms with E-state index < -0.39 is 0 Å². The number of benzene rings is 1. The lowest BCUT2D eigenvalue weighted by atomic mass is 10.1. The van der Waals surface area contributed by atoms with Crippen molar-refractivity contribution in [3.05, 3.63) is 64.2 Å². The number of amides is 1. The summed E-state index contributed by atoms with van der Waals surface area (Å²) in [6.45, 7) is 6.32. The molecule has 1 aromatic carbocycles. The largest absolute Gasteiger partial charge is 0.305 e. The summed E-state index contributed by atoms with van der Waals surface area (Å²) in [6.07, 6.45) is 1.62. The fourth-order valence-electron chi connectivity index (χ4n) is 2.66. The SMILES string of the molecule is Cc1cccnc1NC(=O)c1nn(CC(C)C)c(=O)c2ccccc12. The van der Waals surface area contributed by atoms with Crippen LogP contribution in [0.3, 0.4) is 0 Å². The molecule has 3 rings (SSSR count). The van der Waals surface area contributed by atoms with E-state index in [1.807, 2.05) is 26.8 Å². The number of anilines is 1. The third-order valence-electron chi connectivity index (χ3n) is 3.86. The molecule has 0 aliphatic rings. The van der Waals surface area contributed by atoms with Crippen molar-refractivity contribution in [2.75, 3.05) is 5.32 Å². The predicted molar refractivity (Wildman–Crippen MR) is 97.8 cm³/mol. The first-order valence-corrected chi connectivity index (χ1v) is 8.20. The Bertz CT molecular complexity index is 992. The second-order valence-corrected chi connectivity index (χ2v) is 6.40. The van der Waals surface area contributed by atoms with Gasteiger partial charge in [-0.25, -0.2) is 9.67 Å². The van der Waals surface area contributed by atoms with Crippen LogP contribution >= 0.6 is 0 Å². The van der Waals surface area contributed by atoms with Crippen LogP contribution in [-0.2, 0) is 6.54 Å². The number of nitrogens with one attached hydrogen (secondary N) is 1. The van der Waals surface area contributed by atoms with E-state index in [0.29, 0.717) is 23.1 Å². The summed E-state index contributed by atoms with van der Waals surface area (Å²) in [5.41, 5.74) is 0.895. The molecule has 128 valence electrons. The van der Waals surface area contributed by atoms with Crippen LogP contribution in [0.5, 0.6) is 0 Å². The van der Waals surface area contributed by atoms with Gasteiger partial charge in [0.15, 0.2) is 5.69 Å². The molecule has 2 heterocycles. The lowest BCUT2D eigenvalue weighted by Crippen LogP contribution is -2.29. The molecule has 0 saturated heterocycles. The van der Waals surface area contributed by atoms with Gasteiger partial charge in [0, 0.05) is 18.1 Å². The Balaban J connectivity index is 2.11. The molecule has 0 radical (unpaired) electrons. The van der Waals surface area contributed by atoms with Crippen molar-refractivity contribution in [3.8, 4) is 0 Å². The zero-order valence-corrected chi connectivity index (χ0v) is 14.5. The number of aromatic nitrogens is 3. The fourth-order valence-corrected chi connectivity index (χ4v) is 2.66. The maximum absolute atomic E-state index is 12.8. The summed E-state index contributed by atoms with van der Waals surface area (Å²) in [4.78, 5) is 29.6. The Hall–Kier alpha value is -3.02. The van der Waals surface area contributed by atoms with Gasteiger partial charge in [0.25, 0.3) is 11.5 Å². The maximum atomic E-state index is 12.8. The fraction of sp³-hybridized carbons (Fsp3) is 0.263. The smallest absolute Gasteiger partial charge is 0.277 e. The van der Waals surface area contributed by atoms with Crippen molar-refractivity contribution in [2.24, 2.45) is 5.92 Å². The van der Waals surface area contributed by atoms with E-state index in [9.17, 15) is 9.59 Å². The molecule has 0 aliphatic carbocycles. The van der Waals surface area contributed by atoms with E-state index >= 15 is 0 Å². The number of fused-ring (bicyclic) bond motifs is 1. The molecule has 0 unspecified atom stereocenters. The molecule has 6 heteroatoms. The van der Waals surface area contributed by atoms with Gasteiger partial charge in [-0.1, -0.05) is 38.1 Å². The number of aryl methyl sites for hydroxylation is 1. The number of carbonyl (C=O) groups is 1. The van der Waals surface area contributed by atoms with Crippen LogP contribution < -0.4 is 10.9 Å². The van der Waals surface area contributed by atoms with Crippen LogP contribution in [-0.4, -0.2) is 20.7 Å². The molecule has 1 N–H and O–H groups in total. The zero-order valence-electron chi connectivity index (χ0n) is 14.5. The van der Waals surface area contributed by atoms with Crippen molar-refractivity contribution >= 4 is 22.5 Å². The Morgan fingerprint density at radius 3 is 2.56 bits per heavy atom. The summed E-state index contributed by atoms with van der Waals surface area (Å²) in [6, 6.07) is 10.7. The highest BCUT2D eigenvalue weighted by molar-refractivity contribution is 6.10. The summed E-state index contributed by atoms with van der Waals surface area (Å²) < 4.78 is 1.37. The van der Waals surface area contributed by atoms with E-state index in [1.54, 1.807) is 36.5 Å². The van der Waals surface area contributed by atoms with Gasteiger partial charge in [0.05, 0.1) is 5.39 Å². The standard InChI is InChI=1S/C19H20N4O2/c1-12(2)11-23-19(25)15-9-5-4-8-14(15)16(22-23)18(24)21-17-13(3)7-6-10-20-17/h4-10,12H,11H2,1-3H3,(H,20,21,24). The quantitative estimate of drug-likeness (QED) is 0.794. The Morgan fingerprint density at radius 2 is 1.88 bits per heavy atom. The molecular weight excluding hydrogens is 316 g/mol. The van der Waals surface area contributed by atoms with E-state index in [0.717, 1.165) is 5.56 Å². The highest BCUT2D eigenvalue weighted by Gasteiger charge is 2.18. The molecule has 0 saturated carbocycles. The Kier molecular flexibility index (Phi) is 4.61. The predicted octanol–water partition coefficient (Wildman–Crippen LogP) is 3.01. The topological polar surface area (TPSA) is 76.9 Å². The third-order valence-corrected chi connectivity index (χ3v) is 3.86. The van der Waals surface area contributed by atoms with Gasteiger partial charge < -0.3 is 5.32 Å². The summed E-state index contributed by atoms with van der Waals surface area (Å²) in [7, 11) is 0. The second kappa shape index (κ2) is 6.84. The minimum Gasteiger partial charge on any atom is -0.305 e. The van der Waals surface area contributed by atoms with Crippen molar-refractivity contribution < 1.29 is 4.79 Å². The lowest BCUT2D eigenvalue weighted by Gasteiger charge is -2.13. The normalized spacial score (nSPS) is 11.0. The van der Waals surface area contributed by atoms with Crippen molar-refractivity contribution in [2.45, 2.75) is 27.3 Å². The number of carbonyl (C=O) groups excluding carboxylic acids is 1. The molecule has 0 bridgehead atoms. The average molecular weight is 336 g/mol. The number of pyridine rings is 1. The Labute approximate surface area is 145 Å². The molecule has 6 nitrogen and oxygen atoms in total. The maximum Gasteiger partial charge on any atom is 0.277 e. The first-order chi connectivity index (χ1) is 12.0. The van der Waals surface area contributed by atoms with Crippen molar-refractivity contribution in [3.63, 3.8) is 0 Å². The number of rotatable bonds is 4. The lowest BCUT2D eigenvalue weighted by molar-refractivity contribution is 0.102. The van der Waals surface area contributed by atoms with Crippen LogP contribution in [0.1, 0.15) is 29.9 Å². The summed E-state index contributed by atoms with van der Waals surface area (Å²) in [5.74, 6) is 0.343. The van der Waals surface area contributed by atoms with E-state index in [1.165, 1.54) is 4.68 Å². The van der Waals surface area contributed by atoms with Gasteiger partial charge in [0.1, 0.15) is 5.82 Å². The molecule has 0 atom stereocenters. The van der Waals surface area contributed by atoms with Gasteiger partial charge in [0.2, 0.25) is 0 Å². The van der Waals surface area contributed by atoms with Crippen LogP contribution in [0.2, 0.25) is 0 Å².